The number of aldehydes is 1. The van der Waals surface area contributed by atoms with Crippen LogP contribution in [0.1, 0.15) is 33.5 Å². The van der Waals surface area contributed by atoms with Crippen molar-refractivity contribution in [1.29, 1.82) is 0 Å². The fourth-order valence-corrected chi connectivity index (χ4v) is 1.55. The lowest BCUT2D eigenvalue weighted by Crippen LogP contribution is -2.20. The maximum Gasteiger partial charge on any atom is 0.254 e. The average molecular weight is 297 g/mol. The molecule has 0 aliphatic heterocycles. The third-order valence-electron chi connectivity index (χ3n) is 2.42. The minimum absolute atomic E-state index is 0.0220. The van der Waals surface area contributed by atoms with E-state index in [9.17, 15) is 14.7 Å². The smallest absolute Gasteiger partial charge is 0.254 e. The van der Waals surface area contributed by atoms with Crippen molar-refractivity contribution in [2.75, 3.05) is 13.7 Å². The van der Waals surface area contributed by atoms with Gasteiger partial charge in [-0.1, -0.05) is 20.8 Å². The van der Waals surface area contributed by atoms with E-state index in [0.717, 1.165) is 12.7 Å². The zero-order valence-corrected chi connectivity index (χ0v) is 13.1. The predicted molar refractivity (Wildman–Crippen MR) is 80.7 cm³/mol. The number of hydrogen-bond donors (Lipinski definition) is 3. The van der Waals surface area contributed by atoms with Crippen LogP contribution in [0.25, 0.3) is 5.57 Å². The number of carbonyl (C=O) groups excluding carboxylic acids is 1. The number of H-pyrrole nitrogens is 1. The highest BCUT2D eigenvalue weighted by atomic mass is 16.5. The SMILES string of the molecule is CC(C)(C)/C(=C(/N)C=O)c1nc(O)cc(=O)[nH]1.CCOC. The summed E-state index contributed by atoms with van der Waals surface area (Å²) in [4.78, 5) is 28.2. The van der Waals surface area contributed by atoms with Gasteiger partial charge in [-0.05, 0) is 12.3 Å². The van der Waals surface area contributed by atoms with Crippen LogP contribution in [0.15, 0.2) is 16.6 Å². The zero-order chi connectivity index (χ0) is 16.6. The number of rotatable bonds is 3. The molecular formula is C14H23N3O4. The van der Waals surface area contributed by atoms with Gasteiger partial charge in [0.25, 0.3) is 5.56 Å². The van der Waals surface area contributed by atoms with E-state index < -0.39 is 16.9 Å². The summed E-state index contributed by atoms with van der Waals surface area (Å²) >= 11 is 0. The molecule has 4 N–H and O–H groups in total. The van der Waals surface area contributed by atoms with Crippen LogP contribution in [0.4, 0.5) is 0 Å². The van der Waals surface area contributed by atoms with Crippen molar-refractivity contribution >= 4 is 11.9 Å². The maximum atomic E-state index is 11.2. The Morgan fingerprint density at radius 3 is 2.38 bits per heavy atom. The van der Waals surface area contributed by atoms with E-state index in [-0.39, 0.29) is 11.5 Å². The van der Waals surface area contributed by atoms with Gasteiger partial charge >= 0.3 is 0 Å². The van der Waals surface area contributed by atoms with E-state index in [0.29, 0.717) is 11.9 Å². The van der Waals surface area contributed by atoms with Crippen LogP contribution in [0.3, 0.4) is 0 Å². The van der Waals surface area contributed by atoms with Gasteiger partial charge in [-0.3, -0.25) is 9.59 Å². The minimum atomic E-state index is -0.507. The number of methoxy groups -OCH3 is 1. The number of aromatic amines is 1. The molecule has 1 rings (SSSR count). The number of allylic oxidation sites excluding steroid dienone is 2. The molecule has 21 heavy (non-hydrogen) atoms. The lowest BCUT2D eigenvalue weighted by molar-refractivity contribution is -0.104. The van der Waals surface area contributed by atoms with Gasteiger partial charge in [0.1, 0.15) is 5.82 Å². The molecule has 0 fully saturated rings. The third kappa shape index (κ3) is 6.22. The molecule has 0 aromatic carbocycles. The molecule has 1 aromatic heterocycles. The molecule has 0 unspecified atom stereocenters. The topological polar surface area (TPSA) is 118 Å². The molecule has 0 radical (unpaired) electrons. The summed E-state index contributed by atoms with van der Waals surface area (Å²) in [5, 5.41) is 9.28. The number of hydrogen-bond acceptors (Lipinski definition) is 6. The fourth-order valence-electron chi connectivity index (χ4n) is 1.55. The molecule has 0 aliphatic rings. The summed E-state index contributed by atoms with van der Waals surface area (Å²) < 4.78 is 4.54. The summed E-state index contributed by atoms with van der Waals surface area (Å²) in [6.45, 7) is 8.24. The first-order valence-electron chi connectivity index (χ1n) is 6.42. The quantitative estimate of drug-likeness (QED) is 0.566. The molecule has 0 atom stereocenters. The van der Waals surface area contributed by atoms with Crippen LogP contribution < -0.4 is 11.3 Å². The van der Waals surface area contributed by atoms with Crippen molar-refractivity contribution in [3.8, 4) is 5.88 Å². The second kappa shape index (κ2) is 8.21. The van der Waals surface area contributed by atoms with Crippen LogP contribution in [-0.4, -0.2) is 35.1 Å². The minimum Gasteiger partial charge on any atom is -0.493 e. The monoisotopic (exact) mass is 297 g/mol. The van der Waals surface area contributed by atoms with Gasteiger partial charge in [0.15, 0.2) is 6.29 Å². The van der Waals surface area contributed by atoms with E-state index in [1.165, 1.54) is 0 Å². The van der Waals surface area contributed by atoms with Crippen molar-refractivity contribution in [3.63, 3.8) is 0 Å². The van der Waals surface area contributed by atoms with Gasteiger partial charge in [0.2, 0.25) is 5.88 Å². The summed E-state index contributed by atoms with van der Waals surface area (Å²) in [5.74, 6) is -0.309. The fraction of sp³-hybridized carbons (Fsp3) is 0.500. The Kier molecular flexibility index (Phi) is 7.37. The van der Waals surface area contributed by atoms with Crippen LogP contribution in [0.2, 0.25) is 0 Å². The average Bonchev–Trinajstić information content (AvgIpc) is 2.36. The molecule has 118 valence electrons. The Hall–Kier alpha value is -2.15. The molecule has 0 aliphatic carbocycles. The lowest BCUT2D eigenvalue weighted by Gasteiger charge is -2.22. The second-order valence-electron chi connectivity index (χ2n) is 5.23. The Balaban J connectivity index is 0.000000885. The number of aromatic nitrogens is 2. The van der Waals surface area contributed by atoms with Crippen molar-refractivity contribution in [2.24, 2.45) is 11.1 Å². The van der Waals surface area contributed by atoms with E-state index in [1.54, 1.807) is 7.11 Å². The molecule has 0 spiro atoms. The Morgan fingerprint density at radius 2 is 2.05 bits per heavy atom. The maximum absolute atomic E-state index is 11.2. The number of nitrogens with one attached hydrogen (secondary N) is 1. The molecule has 0 amide bonds. The van der Waals surface area contributed by atoms with Crippen LogP contribution in [-0.2, 0) is 9.53 Å². The van der Waals surface area contributed by atoms with Gasteiger partial charge in [-0.25, -0.2) is 0 Å². The van der Waals surface area contributed by atoms with Crippen LogP contribution in [0.5, 0.6) is 5.88 Å². The molecule has 1 aromatic rings. The van der Waals surface area contributed by atoms with Crippen LogP contribution >= 0.6 is 0 Å². The first-order valence-corrected chi connectivity index (χ1v) is 6.42. The highest BCUT2D eigenvalue weighted by molar-refractivity contribution is 5.87. The first-order chi connectivity index (χ1) is 9.67. The summed E-state index contributed by atoms with van der Waals surface area (Å²) in [6, 6.07) is 0.945. The van der Waals surface area contributed by atoms with Gasteiger partial charge in [-0.2, -0.15) is 4.98 Å². The van der Waals surface area contributed by atoms with Crippen LogP contribution in [0, 0.1) is 5.41 Å². The van der Waals surface area contributed by atoms with E-state index >= 15 is 0 Å². The predicted octanol–water partition coefficient (Wildman–Crippen LogP) is 1.04. The normalized spacial score (nSPS) is 12.0. The molecule has 1 heterocycles. The molecule has 0 saturated carbocycles. The number of nitrogens with zero attached hydrogens (tertiary/aromatic N) is 1. The molecule has 0 bridgehead atoms. The Bertz CT molecular complexity index is 554. The van der Waals surface area contributed by atoms with Gasteiger partial charge < -0.3 is 20.6 Å². The largest absolute Gasteiger partial charge is 0.493 e. The van der Waals surface area contributed by atoms with E-state index in [4.69, 9.17) is 5.73 Å². The molecule has 7 nitrogen and oxygen atoms in total. The highest BCUT2D eigenvalue weighted by Gasteiger charge is 2.24. The lowest BCUT2D eigenvalue weighted by atomic mass is 9.84. The summed E-state index contributed by atoms with van der Waals surface area (Å²) in [6.07, 6.45) is 0.491. The molecular weight excluding hydrogens is 274 g/mol. The number of aromatic hydroxyl groups is 1. The van der Waals surface area contributed by atoms with Gasteiger partial charge in [0, 0.05) is 19.3 Å². The van der Waals surface area contributed by atoms with Crippen molar-refractivity contribution in [2.45, 2.75) is 27.7 Å². The first kappa shape index (κ1) is 18.9. The van der Waals surface area contributed by atoms with Crippen molar-refractivity contribution < 1.29 is 14.6 Å². The molecule has 7 heteroatoms. The van der Waals surface area contributed by atoms with Gasteiger partial charge in [-0.15, -0.1) is 0 Å². The summed E-state index contributed by atoms with van der Waals surface area (Å²) in [5.41, 5.74) is 4.97. The number of nitrogens with two attached hydrogens (primary N) is 1. The third-order valence-corrected chi connectivity index (χ3v) is 2.42. The van der Waals surface area contributed by atoms with Crippen molar-refractivity contribution in [1.82, 2.24) is 9.97 Å². The van der Waals surface area contributed by atoms with E-state index in [2.05, 4.69) is 14.7 Å². The second-order valence-corrected chi connectivity index (χ2v) is 5.23. The summed E-state index contributed by atoms with van der Waals surface area (Å²) in [7, 11) is 1.68. The standard InChI is InChI=1S/C11H15N3O3.C3H8O/c1-11(2,3)9(6(12)5-15)10-13-7(16)4-8(17)14-10;1-3-4-2/h4-5H,12H2,1-3H3,(H2,13,14,16,17);3H2,1-2H3/b9-6+;. The Morgan fingerprint density at radius 1 is 1.52 bits per heavy atom. The highest BCUT2D eigenvalue weighted by Crippen LogP contribution is 2.33. The van der Waals surface area contributed by atoms with Crippen molar-refractivity contribution in [3.05, 3.63) is 27.9 Å². The van der Waals surface area contributed by atoms with E-state index in [1.807, 2.05) is 27.7 Å². The Labute approximate surface area is 123 Å². The van der Waals surface area contributed by atoms with Gasteiger partial charge in [0.05, 0.1) is 11.8 Å². The zero-order valence-electron chi connectivity index (χ0n) is 13.1. The number of carbonyl (C=O) groups is 1. The molecule has 0 saturated heterocycles. The number of ether oxygens (including phenoxy) is 1.